The summed E-state index contributed by atoms with van der Waals surface area (Å²) in [7, 11) is -3.55. The molecule has 1 aliphatic rings. The predicted octanol–water partition coefficient (Wildman–Crippen LogP) is 3.49. The highest BCUT2D eigenvalue weighted by Crippen LogP contribution is 2.27. The second-order valence-electron chi connectivity index (χ2n) is 6.34. The predicted molar refractivity (Wildman–Crippen MR) is 101 cm³/mol. The molecule has 0 unspecified atom stereocenters. The molecule has 0 bridgehead atoms. The number of benzene rings is 3. The maximum atomic E-state index is 13.1. The molecule has 1 saturated heterocycles. The molecule has 26 heavy (non-hydrogen) atoms. The van der Waals surface area contributed by atoms with E-state index in [1.165, 1.54) is 16.4 Å². The molecule has 0 radical (unpaired) electrons. The first-order valence-electron chi connectivity index (χ1n) is 8.54. The smallest absolute Gasteiger partial charge is 0.243 e. The molecule has 0 aromatic heterocycles. The van der Waals surface area contributed by atoms with Crippen molar-refractivity contribution in [2.75, 3.05) is 31.1 Å². The monoisotopic (exact) mass is 370 g/mol. The van der Waals surface area contributed by atoms with Crippen LogP contribution >= 0.6 is 0 Å². The van der Waals surface area contributed by atoms with Crippen molar-refractivity contribution >= 4 is 26.5 Å². The fourth-order valence-corrected chi connectivity index (χ4v) is 5.03. The van der Waals surface area contributed by atoms with Crippen LogP contribution in [-0.2, 0) is 10.0 Å². The van der Waals surface area contributed by atoms with Crippen molar-refractivity contribution in [1.82, 2.24) is 4.31 Å². The van der Waals surface area contributed by atoms with Crippen molar-refractivity contribution in [1.29, 1.82) is 0 Å². The van der Waals surface area contributed by atoms with Crippen LogP contribution in [0.15, 0.2) is 71.6 Å². The number of sulfonamides is 1. The number of fused-ring (bicyclic) bond motifs is 1. The van der Waals surface area contributed by atoms with Gasteiger partial charge in [0.2, 0.25) is 10.0 Å². The van der Waals surface area contributed by atoms with Gasteiger partial charge in [0.15, 0.2) is 0 Å². The minimum Gasteiger partial charge on any atom is -0.369 e. The number of rotatable bonds is 3. The Bertz CT molecular complexity index is 1020. The van der Waals surface area contributed by atoms with Crippen molar-refractivity contribution in [3.63, 3.8) is 0 Å². The summed E-state index contributed by atoms with van der Waals surface area (Å²) in [4.78, 5) is 2.43. The van der Waals surface area contributed by atoms with Gasteiger partial charge in [0.05, 0.1) is 4.90 Å². The van der Waals surface area contributed by atoms with Crippen LogP contribution < -0.4 is 4.90 Å². The lowest BCUT2D eigenvalue weighted by Crippen LogP contribution is -2.48. The number of piperazine rings is 1. The SMILES string of the molecule is O=S(=O)(c1cccc2ccccc12)N1CCN(c2ccc(F)cc2)CC1. The molecule has 0 saturated carbocycles. The molecule has 0 N–H and O–H groups in total. The van der Waals surface area contributed by atoms with Crippen LogP contribution in [0, 0.1) is 5.82 Å². The van der Waals surface area contributed by atoms with Gasteiger partial charge in [-0.15, -0.1) is 0 Å². The molecule has 6 heteroatoms. The van der Waals surface area contributed by atoms with Crippen molar-refractivity contribution in [3.8, 4) is 0 Å². The summed E-state index contributed by atoms with van der Waals surface area (Å²) >= 11 is 0. The number of hydrogen-bond acceptors (Lipinski definition) is 3. The lowest BCUT2D eigenvalue weighted by Gasteiger charge is -2.35. The lowest BCUT2D eigenvalue weighted by molar-refractivity contribution is 0.385. The maximum Gasteiger partial charge on any atom is 0.243 e. The van der Waals surface area contributed by atoms with Crippen molar-refractivity contribution in [2.24, 2.45) is 0 Å². The Hall–Kier alpha value is -2.44. The fraction of sp³-hybridized carbons (Fsp3) is 0.200. The van der Waals surface area contributed by atoms with Crippen LogP contribution in [0.5, 0.6) is 0 Å². The van der Waals surface area contributed by atoms with Gasteiger partial charge in [-0.25, -0.2) is 12.8 Å². The second-order valence-corrected chi connectivity index (χ2v) is 8.25. The number of anilines is 1. The standard InChI is InChI=1S/C20H19FN2O2S/c21-17-8-10-18(11-9-17)22-12-14-23(15-13-22)26(24,25)20-7-3-5-16-4-1-2-6-19(16)20/h1-11H,12-15H2. The number of hydrogen-bond donors (Lipinski definition) is 0. The topological polar surface area (TPSA) is 40.6 Å². The van der Waals surface area contributed by atoms with Gasteiger partial charge >= 0.3 is 0 Å². The van der Waals surface area contributed by atoms with Crippen LogP contribution in [0.25, 0.3) is 10.8 Å². The Morgan fingerprint density at radius 2 is 1.42 bits per heavy atom. The molecular weight excluding hydrogens is 351 g/mol. The third kappa shape index (κ3) is 3.06. The van der Waals surface area contributed by atoms with E-state index in [-0.39, 0.29) is 5.82 Å². The molecule has 3 aromatic carbocycles. The lowest BCUT2D eigenvalue weighted by atomic mass is 10.1. The van der Waals surface area contributed by atoms with Crippen LogP contribution in [0.3, 0.4) is 0 Å². The first-order chi connectivity index (χ1) is 12.6. The van der Waals surface area contributed by atoms with Gasteiger partial charge in [-0.05, 0) is 35.7 Å². The van der Waals surface area contributed by atoms with E-state index < -0.39 is 10.0 Å². The van der Waals surface area contributed by atoms with E-state index in [0.29, 0.717) is 31.1 Å². The number of halogens is 1. The first-order valence-corrected chi connectivity index (χ1v) is 9.98. The summed E-state index contributed by atoms with van der Waals surface area (Å²) in [5, 5.41) is 1.66. The van der Waals surface area contributed by atoms with Crippen LogP contribution in [-0.4, -0.2) is 38.9 Å². The molecule has 0 aliphatic carbocycles. The van der Waals surface area contributed by atoms with E-state index in [1.54, 1.807) is 24.3 Å². The molecule has 134 valence electrons. The highest BCUT2D eigenvalue weighted by Gasteiger charge is 2.29. The van der Waals surface area contributed by atoms with Crippen LogP contribution in [0.1, 0.15) is 0 Å². The van der Waals surface area contributed by atoms with Gasteiger partial charge in [-0.3, -0.25) is 0 Å². The molecule has 0 atom stereocenters. The van der Waals surface area contributed by atoms with Gasteiger partial charge in [0, 0.05) is 37.3 Å². The van der Waals surface area contributed by atoms with E-state index >= 15 is 0 Å². The minimum atomic E-state index is -3.55. The summed E-state index contributed by atoms with van der Waals surface area (Å²) < 4.78 is 40.9. The zero-order chi connectivity index (χ0) is 18.1. The molecule has 1 heterocycles. The van der Waals surface area contributed by atoms with E-state index in [0.717, 1.165) is 16.5 Å². The third-order valence-electron chi connectivity index (χ3n) is 4.80. The van der Waals surface area contributed by atoms with Gasteiger partial charge in [-0.2, -0.15) is 4.31 Å². The quantitative estimate of drug-likeness (QED) is 0.709. The highest BCUT2D eigenvalue weighted by molar-refractivity contribution is 7.89. The summed E-state index contributed by atoms with van der Waals surface area (Å²) in [6, 6.07) is 19.2. The summed E-state index contributed by atoms with van der Waals surface area (Å²) in [6.07, 6.45) is 0. The van der Waals surface area contributed by atoms with E-state index in [9.17, 15) is 12.8 Å². The fourth-order valence-electron chi connectivity index (χ4n) is 3.40. The molecule has 1 fully saturated rings. The molecule has 4 rings (SSSR count). The maximum absolute atomic E-state index is 13.1. The highest BCUT2D eigenvalue weighted by atomic mass is 32.2. The molecule has 3 aromatic rings. The second kappa shape index (κ2) is 6.70. The van der Waals surface area contributed by atoms with Gasteiger partial charge in [0.25, 0.3) is 0 Å². The van der Waals surface area contributed by atoms with Crippen molar-refractivity contribution in [3.05, 3.63) is 72.5 Å². The van der Waals surface area contributed by atoms with E-state index in [4.69, 9.17) is 0 Å². The Kier molecular flexibility index (Phi) is 4.38. The molecule has 4 nitrogen and oxygen atoms in total. The Morgan fingerprint density at radius 3 is 2.15 bits per heavy atom. The number of nitrogens with zero attached hydrogens (tertiary/aromatic N) is 2. The Balaban J connectivity index is 1.57. The Morgan fingerprint density at radius 1 is 0.769 bits per heavy atom. The van der Waals surface area contributed by atoms with Gasteiger partial charge in [-0.1, -0.05) is 36.4 Å². The summed E-state index contributed by atoms with van der Waals surface area (Å²) in [5.41, 5.74) is 0.911. The van der Waals surface area contributed by atoms with Crippen molar-refractivity contribution in [2.45, 2.75) is 4.90 Å². The molecule has 0 amide bonds. The largest absolute Gasteiger partial charge is 0.369 e. The average Bonchev–Trinajstić information content (AvgIpc) is 2.68. The molecule has 0 spiro atoms. The molecular formula is C20H19FN2O2S. The third-order valence-corrected chi connectivity index (χ3v) is 6.75. The summed E-state index contributed by atoms with van der Waals surface area (Å²) in [6.45, 7) is 1.97. The van der Waals surface area contributed by atoms with E-state index in [1.807, 2.05) is 30.3 Å². The average molecular weight is 370 g/mol. The minimum absolute atomic E-state index is 0.272. The zero-order valence-electron chi connectivity index (χ0n) is 14.2. The van der Waals surface area contributed by atoms with E-state index in [2.05, 4.69) is 4.90 Å². The van der Waals surface area contributed by atoms with Crippen LogP contribution in [0.2, 0.25) is 0 Å². The van der Waals surface area contributed by atoms with Gasteiger partial charge in [0.1, 0.15) is 5.82 Å². The van der Waals surface area contributed by atoms with Crippen molar-refractivity contribution < 1.29 is 12.8 Å². The summed E-state index contributed by atoms with van der Waals surface area (Å²) in [5.74, 6) is -0.272. The van der Waals surface area contributed by atoms with Gasteiger partial charge < -0.3 is 4.90 Å². The molecule has 1 aliphatic heterocycles. The van der Waals surface area contributed by atoms with Crippen LogP contribution in [0.4, 0.5) is 10.1 Å². The first kappa shape index (κ1) is 17.0. The normalized spacial score (nSPS) is 16.1. The Labute approximate surface area is 152 Å². The zero-order valence-corrected chi connectivity index (χ0v) is 15.0.